The molecule has 0 radical (unpaired) electrons. The number of nitrogens with zero attached hydrogens (tertiary/aromatic N) is 4. The van der Waals surface area contributed by atoms with E-state index < -0.39 is 0 Å². The Balaban J connectivity index is 1.01. The zero-order valence-electron chi connectivity index (χ0n) is 59.3. The Morgan fingerprint density at radius 2 is 0.750 bits per heavy atom. The second kappa shape index (κ2) is 22.2. The Labute approximate surface area is 587 Å². The van der Waals surface area contributed by atoms with Crippen LogP contribution in [0.25, 0.3) is 110 Å². The van der Waals surface area contributed by atoms with Crippen LogP contribution in [-0.4, -0.2) is 15.8 Å². The van der Waals surface area contributed by atoms with Crippen LogP contribution in [0.4, 0.5) is 34.1 Å². The molecule has 5 heterocycles. The molecule has 0 spiro atoms. The molecule has 0 unspecified atom stereocenters. The summed E-state index contributed by atoms with van der Waals surface area (Å²) in [5.41, 5.74) is 30.5. The fourth-order valence-electron chi connectivity index (χ4n) is 16.4. The van der Waals surface area contributed by atoms with Gasteiger partial charge in [0.15, 0.2) is 5.58 Å². The molecule has 2 aliphatic heterocycles. The van der Waals surface area contributed by atoms with Crippen molar-refractivity contribution in [1.29, 1.82) is 0 Å². The highest BCUT2D eigenvalue weighted by Gasteiger charge is 2.46. The van der Waals surface area contributed by atoms with Crippen LogP contribution in [0.2, 0.25) is 0 Å². The number of anilines is 6. The van der Waals surface area contributed by atoms with Crippen molar-refractivity contribution >= 4 is 123 Å². The van der Waals surface area contributed by atoms with E-state index in [0.29, 0.717) is 0 Å². The second-order valence-electron chi connectivity index (χ2n) is 32.2. The molecule has 3 aromatic heterocycles. The molecule has 18 rings (SSSR count). The van der Waals surface area contributed by atoms with E-state index in [2.05, 4.69) is 375 Å². The van der Waals surface area contributed by atoms with Crippen LogP contribution in [0, 0.1) is 0 Å². The van der Waals surface area contributed by atoms with Crippen molar-refractivity contribution in [2.75, 3.05) is 9.80 Å². The van der Waals surface area contributed by atoms with Crippen LogP contribution in [0.1, 0.15) is 105 Å². The summed E-state index contributed by atoms with van der Waals surface area (Å²) in [6.45, 7) is 28.0. The van der Waals surface area contributed by atoms with Gasteiger partial charge in [-0.3, -0.25) is 0 Å². The molecule has 100 heavy (non-hydrogen) atoms. The Kier molecular flexibility index (Phi) is 13.6. The van der Waals surface area contributed by atoms with E-state index >= 15 is 0 Å². The molecule has 0 saturated carbocycles. The van der Waals surface area contributed by atoms with Gasteiger partial charge >= 0.3 is 0 Å². The van der Waals surface area contributed by atoms with E-state index in [9.17, 15) is 0 Å². The highest BCUT2D eigenvalue weighted by molar-refractivity contribution is 7.00. The topological polar surface area (TPSA) is 29.5 Å². The van der Waals surface area contributed by atoms with Crippen molar-refractivity contribution in [2.24, 2.45) is 0 Å². The molecule has 0 aliphatic carbocycles. The molecule has 0 fully saturated rings. The maximum Gasteiger partial charge on any atom is 0.252 e. The minimum Gasteiger partial charge on any atom is -0.454 e. The Hall–Kier alpha value is -11.1. The van der Waals surface area contributed by atoms with Crippen molar-refractivity contribution in [3.8, 4) is 44.8 Å². The number of para-hydroxylation sites is 5. The molecule has 5 nitrogen and oxygen atoms in total. The Morgan fingerprint density at radius 3 is 1.32 bits per heavy atom. The van der Waals surface area contributed by atoms with Crippen molar-refractivity contribution in [3.63, 3.8) is 0 Å². The fraction of sp³-hybridized carbons (Fsp3) is 0.170. The number of benzene rings is 13. The number of hydrogen-bond acceptors (Lipinski definition) is 3. The Bertz CT molecular complexity index is 5930. The molecule has 0 amide bonds. The highest BCUT2D eigenvalue weighted by Crippen LogP contribution is 2.55. The van der Waals surface area contributed by atoms with Gasteiger partial charge in [0.1, 0.15) is 5.58 Å². The van der Waals surface area contributed by atoms with Crippen LogP contribution < -0.4 is 26.2 Å². The highest BCUT2D eigenvalue weighted by atomic mass is 16.3. The average molecular weight is 1290 g/mol. The van der Waals surface area contributed by atoms with E-state index in [1.54, 1.807) is 0 Å². The smallest absolute Gasteiger partial charge is 0.252 e. The molecular weight excluding hydrogens is 1210 g/mol. The average Bonchev–Trinajstić information content (AvgIpc) is 0.894. The fourth-order valence-corrected chi connectivity index (χ4v) is 16.4. The predicted octanol–water partition coefficient (Wildman–Crippen LogP) is 24.1. The molecule has 0 N–H and O–H groups in total. The van der Waals surface area contributed by atoms with Gasteiger partial charge in [0, 0.05) is 77.6 Å². The van der Waals surface area contributed by atoms with Gasteiger partial charge in [0.2, 0.25) is 0 Å². The zero-order valence-corrected chi connectivity index (χ0v) is 59.3. The normalized spacial score (nSPS) is 13.3. The van der Waals surface area contributed by atoms with Crippen LogP contribution in [-0.2, 0) is 21.7 Å². The molecule has 16 aromatic rings. The van der Waals surface area contributed by atoms with Gasteiger partial charge in [0.05, 0.1) is 33.4 Å². The summed E-state index contributed by atoms with van der Waals surface area (Å²) in [6, 6.07) is 104. The number of hydrogen-bond donors (Lipinski definition) is 0. The summed E-state index contributed by atoms with van der Waals surface area (Å²) in [4.78, 5) is 5.31. The molecule has 0 saturated heterocycles. The molecule has 0 atom stereocenters. The third kappa shape index (κ3) is 9.57. The van der Waals surface area contributed by atoms with E-state index in [-0.39, 0.29) is 28.4 Å². The summed E-state index contributed by atoms with van der Waals surface area (Å²) in [5, 5.41) is 7.04. The maximum absolute atomic E-state index is 7.23. The van der Waals surface area contributed by atoms with Gasteiger partial charge in [-0.05, 0) is 161 Å². The lowest BCUT2D eigenvalue weighted by molar-refractivity contribution is 0.569. The quantitative estimate of drug-likeness (QED) is 0.149. The lowest BCUT2D eigenvalue weighted by atomic mass is 9.33. The largest absolute Gasteiger partial charge is 0.454 e. The van der Waals surface area contributed by atoms with Gasteiger partial charge < -0.3 is 23.4 Å². The van der Waals surface area contributed by atoms with Gasteiger partial charge in [-0.15, -0.1) is 0 Å². The number of rotatable bonds is 7. The number of fused-ring (bicyclic) bond motifs is 14. The minimum atomic E-state index is -0.309. The van der Waals surface area contributed by atoms with E-state index in [1.165, 1.54) is 99.0 Å². The van der Waals surface area contributed by atoms with Crippen molar-refractivity contribution in [1.82, 2.24) is 9.13 Å². The van der Waals surface area contributed by atoms with Crippen molar-refractivity contribution in [2.45, 2.75) is 105 Å². The van der Waals surface area contributed by atoms with Crippen LogP contribution in [0.3, 0.4) is 0 Å². The number of aromatic nitrogens is 2. The molecule has 2 aliphatic rings. The van der Waals surface area contributed by atoms with Gasteiger partial charge in [-0.25, -0.2) is 0 Å². The van der Waals surface area contributed by atoms with Gasteiger partial charge in [-0.1, -0.05) is 277 Å². The first kappa shape index (κ1) is 61.3. The summed E-state index contributed by atoms with van der Waals surface area (Å²) < 4.78 is 12.3. The summed E-state index contributed by atoms with van der Waals surface area (Å²) >= 11 is 0. The first-order valence-corrected chi connectivity index (χ1v) is 35.6. The lowest BCUT2D eigenvalue weighted by Gasteiger charge is -2.46. The monoisotopic (exact) mass is 1290 g/mol. The predicted molar refractivity (Wildman–Crippen MR) is 428 cm³/mol. The van der Waals surface area contributed by atoms with E-state index in [0.717, 1.165) is 84.1 Å². The summed E-state index contributed by atoms with van der Waals surface area (Å²) in [6.07, 6.45) is 0. The van der Waals surface area contributed by atoms with Crippen molar-refractivity contribution in [3.05, 3.63) is 295 Å². The van der Waals surface area contributed by atoms with E-state index in [4.69, 9.17) is 4.42 Å². The second-order valence-corrected chi connectivity index (χ2v) is 32.2. The number of furan rings is 1. The minimum absolute atomic E-state index is 0.0816. The Morgan fingerprint density at radius 1 is 0.290 bits per heavy atom. The van der Waals surface area contributed by atoms with Crippen LogP contribution in [0.5, 0.6) is 0 Å². The SMILES string of the molecule is CC(C)(C)c1cc(-c2ccc3c(c2)N(c2cccc4c2oc2ccccc24)c2cc(C(C)(C)C)cc4c2B3c2ccc(-n3c5ccccc5c5ccc6c7ccccc7n(-c7ccccc7)c6c53)cc2N4c2c(-c3ccccc3)cc(C(C)(C)C)cc2-c2ccccc2)cc(C(C)(C)C)c1. The third-order valence-corrected chi connectivity index (χ3v) is 21.7. The zero-order chi connectivity index (χ0) is 68.5. The van der Waals surface area contributed by atoms with Gasteiger partial charge in [0.25, 0.3) is 6.71 Å². The summed E-state index contributed by atoms with van der Waals surface area (Å²) in [7, 11) is 0. The van der Waals surface area contributed by atoms with Crippen LogP contribution >= 0.6 is 0 Å². The molecular formula is C94H81BN4O. The molecule has 6 heteroatoms. The molecule has 486 valence electrons. The van der Waals surface area contributed by atoms with Crippen molar-refractivity contribution < 1.29 is 4.42 Å². The molecule has 0 bridgehead atoms. The molecule has 13 aromatic carbocycles. The maximum atomic E-state index is 7.23. The lowest BCUT2D eigenvalue weighted by Crippen LogP contribution is -2.61. The van der Waals surface area contributed by atoms with E-state index in [1.807, 2.05) is 0 Å². The van der Waals surface area contributed by atoms with Crippen LogP contribution in [0.15, 0.2) is 277 Å². The standard InChI is InChI=1S/C94H81BN4O/c1-91(2,3)62-49-61(50-63(52-62)92(4,5)6)60-43-47-76-81(51-60)98(80-41-28-38-73-70-37-24-27-42-85(70)100-90(73)80)83-55-65(94(10,11)12)56-84-86(83)95(76)77-48-44-67(57-82(77)99(84)87-74(58-29-16-13-17-30-58)53-64(93(7,8)9)54-75(87)59-31-18-14-19-32-59)97-79-40-26-23-36-69(79)72-46-45-71-68-35-22-25-39-78(68)96(88(71)89(72)97)66-33-20-15-21-34-66/h13-57H,1-12H3. The first-order valence-electron chi connectivity index (χ1n) is 35.6. The van der Waals surface area contributed by atoms with Gasteiger partial charge in [-0.2, -0.15) is 0 Å². The first-order chi connectivity index (χ1) is 48.2. The summed E-state index contributed by atoms with van der Waals surface area (Å²) in [5.74, 6) is 0. The third-order valence-electron chi connectivity index (χ3n) is 21.7.